The van der Waals surface area contributed by atoms with Crippen LogP contribution >= 0.6 is 22.6 Å². The molecule has 4 nitrogen and oxygen atoms in total. The van der Waals surface area contributed by atoms with Crippen LogP contribution in [-0.2, 0) is 4.79 Å². The van der Waals surface area contributed by atoms with Gasteiger partial charge in [-0.05, 0) is 40.8 Å². The third kappa shape index (κ3) is 1.17. The van der Waals surface area contributed by atoms with Crippen LogP contribution in [0.15, 0.2) is 18.2 Å². The molecule has 0 saturated heterocycles. The summed E-state index contributed by atoms with van der Waals surface area (Å²) in [6.45, 7) is 0. The lowest BCUT2D eigenvalue weighted by molar-refractivity contribution is -0.115. The fourth-order valence-electron chi connectivity index (χ4n) is 1.47. The minimum Gasteiger partial charge on any atom is -0.361 e. The van der Waals surface area contributed by atoms with Crippen molar-refractivity contribution in [1.29, 1.82) is 0 Å². The molecular formula is C9H6IN3O. The molecule has 70 valence electrons. The maximum absolute atomic E-state index is 11.5. The molecule has 0 aromatic heterocycles. The second-order valence-corrected chi connectivity index (χ2v) is 4.22. The highest BCUT2D eigenvalue weighted by molar-refractivity contribution is 14.1. The van der Waals surface area contributed by atoms with Crippen LogP contribution in [-0.4, -0.2) is 23.5 Å². The van der Waals surface area contributed by atoms with Crippen LogP contribution in [0.4, 0.5) is 5.69 Å². The van der Waals surface area contributed by atoms with Crippen LogP contribution in [0.25, 0.3) is 5.53 Å². The van der Waals surface area contributed by atoms with Gasteiger partial charge in [0.1, 0.15) is 0 Å². The molecule has 1 aromatic carbocycles. The van der Waals surface area contributed by atoms with Crippen molar-refractivity contribution in [3.63, 3.8) is 0 Å². The minimum atomic E-state index is -0.274. The Morgan fingerprint density at radius 3 is 2.86 bits per heavy atom. The number of amides is 1. The SMILES string of the molecule is CN1C(=O)C(=[N+]=[N-])c2cc(I)ccc21. The second-order valence-electron chi connectivity index (χ2n) is 2.97. The first kappa shape index (κ1) is 9.36. The Kier molecular flexibility index (Phi) is 2.13. The van der Waals surface area contributed by atoms with Gasteiger partial charge in [-0.25, -0.2) is 0 Å². The van der Waals surface area contributed by atoms with E-state index in [4.69, 9.17) is 5.53 Å². The summed E-state index contributed by atoms with van der Waals surface area (Å²) in [4.78, 5) is 16.0. The van der Waals surface area contributed by atoms with Crippen molar-refractivity contribution in [1.82, 2.24) is 0 Å². The molecule has 2 rings (SSSR count). The molecule has 1 amide bonds. The largest absolute Gasteiger partial charge is 0.389 e. The Morgan fingerprint density at radius 2 is 2.21 bits per heavy atom. The van der Waals surface area contributed by atoms with E-state index >= 15 is 0 Å². The number of nitrogens with zero attached hydrogens (tertiary/aromatic N) is 3. The van der Waals surface area contributed by atoms with Crippen molar-refractivity contribution in [3.05, 3.63) is 32.9 Å². The molecule has 0 spiro atoms. The molecule has 1 aliphatic rings. The Hall–Kier alpha value is -1.20. The van der Waals surface area contributed by atoms with E-state index in [0.717, 1.165) is 9.26 Å². The first-order chi connectivity index (χ1) is 6.65. The Labute approximate surface area is 94.3 Å². The highest BCUT2D eigenvalue weighted by atomic mass is 127. The Balaban J connectivity index is 2.74. The van der Waals surface area contributed by atoms with Crippen molar-refractivity contribution < 1.29 is 9.58 Å². The minimum absolute atomic E-state index is 0.112. The predicted molar refractivity (Wildman–Crippen MR) is 60.3 cm³/mol. The van der Waals surface area contributed by atoms with Gasteiger partial charge in [-0.15, -0.1) is 0 Å². The number of fused-ring (bicyclic) bond motifs is 1. The van der Waals surface area contributed by atoms with Gasteiger partial charge in [0.15, 0.2) is 0 Å². The first-order valence-electron chi connectivity index (χ1n) is 3.95. The van der Waals surface area contributed by atoms with Crippen LogP contribution in [0.5, 0.6) is 0 Å². The van der Waals surface area contributed by atoms with Gasteiger partial charge in [0.05, 0.1) is 11.3 Å². The number of carbonyl (C=O) groups is 1. The average Bonchev–Trinajstić information content (AvgIpc) is 2.39. The summed E-state index contributed by atoms with van der Waals surface area (Å²) in [7, 11) is 1.66. The molecule has 14 heavy (non-hydrogen) atoms. The number of hydrogen-bond donors (Lipinski definition) is 0. The van der Waals surface area contributed by atoms with E-state index in [-0.39, 0.29) is 11.6 Å². The van der Waals surface area contributed by atoms with E-state index in [9.17, 15) is 4.79 Å². The predicted octanol–water partition coefficient (Wildman–Crippen LogP) is 1.29. The van der Waals surface area contributed by atoms with Crippen molar-refractivity contribution in [3.8, 4) is 0 Å². The zero-order chi connectivity index (χ0) is 10.3. The summed E-state index contributed by atoms with van der Waals surface area (Å²) in [6.07, 6.45) is 0. The van der Waals surface area contributed by atoms with Gasteiger partial charge in [-0.3, -0.25) is 4.79 Å². The third-order valence-corrected chi connectivity index (χ3v) is 2.85. The van der Waals surface area contributed by atoms with Crippen molar-refractivity contribution >= 4 is 39.9 Å². The van der Waals surface area contributed by atoms with Gasteiger partial charge in [-0.2, -0.15) is 4.79 Å². The van der Waals surface area contributed by atoms with Crippen LogP contribution in [0, 0.1) is 3.57 Å². The highest BCUT2D eigenvalue weighted by Gasteiger charge is 2.38. The fourth-order valence-corrected chi connectivity index (χ4v) is 1.96. The third-order valence-electron chi connectivity index (χ3n) is 2.18. The van der Waals surface area contributed by atoms with Gasteiger partial charge in [0.25, 0.3) is 0 Å². The normalized spacial score (nSPS) is 14.3. The molecule has 0 saturated carbocycles. The molecule has 0 bridgehead atoms. The molecule has 0 fully saturated rings. The molecule has 1 heterocycles. The number of carbonyl (C=O) groups excluding carboxylic acids is 1. The van der Waals surface area contributed by atoms with Crippen LogP contribution in [0.2, 0.25) is 0 Å². The molecule has 5 heteroatoms. The standard InChI is InChI=1S/C9H6IN3O/c1-13-7-3-2-5(10)4-6(7)8(12-11)9(13)14/h2-4H,1H3. The van der Waals surface area contributed by atoms with Gasteiger partial charge in [0.2, 0.25) is 0 Å². The molecule has 1 aromatic rings. The summed E-state index contributed by atoms with van der Waals surface area (Å²) in [5.41, 5.74) is 10.3. The quantitative estimate of drug-likeness (QED) is 0.404. The number of likely N-dealkylation sites (N-methyl/N-ethyl adjacent to an activating group) is 1. The first-order valence-corrected chi connectivity index (χ1v) is 5.03. The topological polar surface area (TPSA) is 56.7 Å². The summed E-state index contributed by atoms with van der Waals surface area (Å²) in [5.74, 6) is -0.274. The highest BCUT2D eigenvalue weighted by Crippen LogP contribution is 2.28. The maximum Gasteiger partial charge on any atom is 0.389 e. The molecule has 0 aliphatic carbocycles. The maximum atomic E-state index is 11.5. The van der Waals surface area contributed by atoms with E-state index in [1.165, 1.54) is 4.90 Å². The zero-order valence-corrected chi connectivity index (χ0v) is 9.52. The lowest BCUT2D eigenvalue weighted by Gasteiger charge is -2.06. The Bertz CT molecular complexity index is 477. The van der Waals surface area contributed by atoms with Crippen molar-refractivity contribution in [2.75, 3.05) is 11.9 Å². The summed E-state index contributed by atoms with van der Waals surface area (Å²) in [6, 6.07) is 5.57. The average molecular weight is 299 g/mol. The number of rotatable bonds is 0. The van der Waals surface area contributed by atoms with Gasteiger partial charge < -0.3 is 10.4 Å². The fraction of sp³-hybridized carbons (Fsp3) is 0.111. The van der Waals surface area contributed by atoms with E-state index in [1.54, 1.807) is 7.05 Å². The monoisotopic (exact) mass is 299 g/mol. The summed E-state index contributed by atoms with van der Waals surface area (Å²) in [5, 5.41) is 0. The molecule has 0 N–H and O–H groups in total. The number of hydrogen-bond acceptors (Lipinski definition) is 1. The van der Waals surface area contributed by atoms with E-state index in [2.05, 4.69) is 27.4 Å². The van der Waals surface area contributed by atoms with Crippen molar-refractivity contribution in [2.24, 2.45) is 0 Å². The van der Waals surface area contributed by atoms with Gasteiger partial charge >= 0.3 is 11.6 Å². The number of anilines is 1. The van der Waals surface area contributed by atoms with Crippen LogP contribution in [0.3, 0.4) is 0 Å². The molecule has 0 radical (unpaired) electrons. The second kappa shape index (κ2) is 3.18. The van der Waals surface area contributed by atoms with Gasteiger partial charge in [-0.1, -0.05) is 0 Å². The molecule has 1 aliphatic heterocycles. The molecule has 0 unspecified atom stereocenters. The van der Waals surface area contributed by atoms with Crippen LogP contribution < -0.4 is 4.90 Å². The van der Waals surface area contributed by atoms with Crippen molar-refractivity contribution in [2.45, 2.75) is 0 Å². The van der Waals surface area contributed by atoms with E-state index in [1.807, 2.05) is 18.2 Å². The number of benzene rings is 1. The zero-order valence-electron chi connectivity index (χ0n) is 7.36. The van der Waals surface area contributed by atoms with E-state index in [0.29, 0.717) is 5.56 Å². The van der Waals surface area contributed by atoms with E-state index < -0.39 is 0 Å². The summed E-state index contributed by atoms with van der Waals surface area (Å²) < 4.78 is 1.01. The van der Waals surface area contributed by atoms with Crippen LogP contribution in [0.1, 0.15) is 5.56 Å². The Morgan fingerprint density at radius 1 is 1.50 bits per heavy atom. The molecule has 0 atom stereocenters. The lowest BCUT2D eigenvalue weighted by atomic mass is 10.1. The van der Waals surface area contributed by atoms with Gasteiger partial charge in [0, 0.05) is 10.6 Å². The number of halogens is 1. The molecular weight excluding hydrogens is 293 g/mol. The lowest BCUT2D eigenvalue weighted by Crippen LogP contribution is -2.25. The smallest absolute Gasteiger partial charge is 0.361 e. The summed E-state index contributed by atoms with van der Waals surface area (Å²) >= 11 is 2.15.